The molecule has 0 aromatic heterocycles. The van der Waals surface area contributed by atoms with Crippen molar-refractivity contribution >= 4 is 11.9 Å². The molecule has 1 aliphatic carbocycles. The third kappa shape index (κ3) is 2.44. The summed E-state index contributed by atoms with van der Waals surface area (Å²) in [6, 6.07) is 0.153. The van der Waals surface area contributed by atoms with Crippen molar-refractivity contribution in [3.05, 3.63) is 0 Å². The van der Waals surface area contributed by atoms with Crippen LogP contribution in [0.5, 0.6) is 0 Å². The molecule has 2 aliphatic rings. The van der Waals surface area contributed by atoms with Crippen LogP contribution < -0.4 is 5.32 Å². The number of rotatable bonds is 3. The second-order valence-corrected chi connectivity index (χ2v) is 5.04. The number of likely N-dealkylation sites (tertiary alicyclic amines) is 1. The molecular weight excluding hydrogens is 220 g/mol. The molecule has 1 heterocycles. The monoisotopic (exact) mass is 240 g/mol. The molecule has 1 saturated heterocycles. The van der Waals surface area contributed by atoms with E-state index in [0.29, 0.717) is 6.54 Å². The van der Waals surface area contributed by atoms with Gasteiger partial charge in [0.15, 0.2) is 0 Å². The molecule has 5 heteroatoms. The Balaban J connectivity index is 1.93. The Kier molecular flexibility index (Phi) is 3.66. The minimum absolute atomic E-state index is 0.0313. The van der Waals surface area contributed by atoms with Gasteiger partial charge < -0.3 is 10.4 Å². The maximum Gasteiger partial charge on any atom is 0.308 e. The van der Waals surface area contributed by atoms with Gasteiger partial charge in [-0.15, -0.1) is 0 Å². The van der Waals surface area contributed by atoms with Crippen molar-refractivity contribution in [3.8, 4) is 0 Å². The highest BCUT2D eigenvalue weighted by atomic mass is 16.4. The molecule has 1 aliphatic heterocycles. The van der Waals surface area contributed by atoms with Crippen molar-refractivity contribution in [1.82, 2.24) is 10.2 Å². The van der Waals surface area contributed by atoms with Crippen molar-refractivity contribution in [3.63, 3.8) is 0 Å². The van der Waals surface area contributed by atoms with Gasteiger partial charge in [0.1, 0.15) is 0 Å². The maximum absolute atomic E-state index is 11.6. The summed E-state index contributed by atoms with van der Waals surface area (Å²) in [4.78, 5) is 24.8. The van der Waals surface area contributed by atoms with E-state index in [0.717, 1.165) is 32.2 Å². The average molecular weight is 240 g/mol. The lowest BCUT2D eigenvalue weighted by Crippen LogP contribution is -2.54. The summed E-state index contributed by atoms with van der Waals surface area (Å²) in [6.45, 7) is 1.65. The molecule has 5 nitrogen and oxygen atoms in total. The molecule has 2 rings (SSSR count). The zero-order chi connectivity index (χ0) is 12.4. The highest BCUT2D eigenvalue weighted by Gasteiger charge is 2.42. The van der Waals surface area contributed by atoms with Gasteiger partial charge in [0.2, 0.25) is 5.91 Å². The fourth-order valence-electron chi connectivity index (χ4n) is 2.93. The van der Waals surface area contributed by atoms with Crippen LogP contribution in [0.25, 0.3) is 0 Å². The van der Waals surface area contributed by atoms with Crippen LogP contribution in [0.4, 0.5) is 0 Å². The summed E-state index contributed by atoms with van der Waals surface area (Å²) in [5, 5.41) is 11.7. The fraction of sp³-hybridized carbons (Fsp3) is 0.833. The van der Waals surface area contributed by atoms with E-state index >= 15 is 0 Å². The SMILES string of the molecule is CNC(=O)C1CCCN(C2CCC2C(=O)O)C1. The fourth-order valence-corrected chi connectivity index (χ4v) is 2.93. The topological polar surface area (TPSA) is 69.6 Å². The summed E-state index contributed by atoms with van der Waals surface area (Å²) in [5.74, 6) is -0.800. The van der Waals surface area contributed by atoms with Gasteiger partial charge >= 0.3 is 5.97 Å². The highest BCUT2D eigenvalue weighted by molar-refractivity contribution is 5.78. The van der Waals surface area contributed by atoms with E-state index in [1.54, 1.807) is 7.05 Å². The first-order valence-electron chi connectivity index (χ1n) is 6.32. The Hall–Kier alpha value is -1.10. The number of amides is 1. The second-order valence-electron chi connectivity index (χ2n) is 5.04. The molecule has 3 unspecified atom stereocenters. The summed E-state index contributed by atoms with van der Waals surface area (Å²) in [7, 11) is 1.66. The van der Waals surface area contributed by atoms with Crippen molar-refractivity contribution in [2.75, 3.05) is 20.1 Å². The number of carboxylic acid groups (broad SMARTS) is 1. The Morgan fingerprint density at radius 2 is 2.06 bits per heavy atom. The molecule has 3 atom stereocenters. The van der Waals surface area contributed by atoms with Crippen LogP contribution in [0.3, 0.4) is 0 Å². The van der Waals surface area contributed by atoms with Gasteiger partial charge in [0, 0.05) is 19.6 Å². The van der Waals surface area contributed by atoms with Crippen LogP contribution in [-0.4, -0.2) is 48.1 Å². The third-order valence-corrected chi connectivity index (χ3v) is 4.09. The Labute approximate surface area is 101 Å². The normalized spacial score (nSPS) is 33.8. The van der Waals surface area contributed by atoms with Crippen molar-refractivity contribution in [2.24, 2.45) is 11.8 Å². The van der Waals surface area contributed by atoms with Gasteiger partial charge in [-0.25, -0.2) is 0 Å². The Bertz CT molecular complexity index is 319. The number of aliphatic carboxylic acids is 1. The maximum atomic E-state index is 11.6. The van der Waals surface area contributed by atoms with Gasteiger partial charge in [-0.2, -0.15) is 0 Å². The van der Waals surface area contributed by atoms with Gasteiger partial charge in [-0.05, 0) is 32.2 Å². The summed E-state index contributed by atoms with van der Waals surface area (Å²) < 4.78 is 0. The molecule has 0 radical (unpaired) electrons. The van der Waals surface area contributed by atoms with Crippen molar-refractivity contribution < 1.29 is 14.7 Å². The molecule has 0 aromatic carbocycles. The van der Waals surface area contributed by atoms with E-state index in [1.165, 1.54) is 0 Å². The molecule has 17 heavy (non-hydrogen) atoms. The molecule has 0 bridgehead atoms. The first-order valence-corrected chi connectivity index (χ1v) is 6.32. The van der Waals surface area contributed by atoms with Crippen LogP contribution in [-0.2, 0) is 9.59 Å². The molecule has 1 amide bonds. The molecular formula is C12H20N2O3. The van der Waals surface area contributed by atoms with Crippen LogP contribution in [0.2, 0.25) is 0 Å². The first-order chi connectivity index (χ1) is 8.13. The van der Waals surface area contributed by atoms with E-state index in [9.17, 15) is 9.59 Å². The highest BCUT2D eigenvalue weighted by Crippen LogP contribution is 2.34. The summed E-state index contributed by atoms with van der Waals surface area (Å²) in [6.07, 6.45) is 3.64. The van der Waals surface area contributed by atoms with Crippen LogP contribution >= 0.6 is 0 Å². The van der Waals surface area contributed by atoms with E-state index in [2.05, 4.69) is 10.2 Å². The minimum Gasteiger partial charge on any atom is -0.481 e. The van der Waals surface area contributed by atoms with Gasteiger partial charge in [0.05, 0.1) is 11.8 Å². The molecule has 0 aromatic rings. The molecule has 2 fully saturated rings. The largest absolute Gasteiger partial charge is 0.481 e. The predicted molar refractivity (Wildman–Crippen MR) is 62.5 cm³/mol. The average Bonchev–Trinajstić information content (AvgIpc) is 2.26. The second kappa shape index (κ2) is 5.04. The zero-order valence-electron chi connectivity index (χ0n) is 10.2. The van der Waals surface area contributed by atoms with Crippen molar-refractivity contribution in [1.29, 1.82) is 0 Å². The van der Waals surface area contributed by atoms with E-state index in [-0.39, 0.29) is 23.8 Å². The van der Waals surface area contributed by atoms with Gasteiger partial charge in [0.25, 0.3) is 0 Å². The number of piperidine rings is 1. The number of hydrogen-bond donors (Lipinski definition) is 2. The number of carbonyl (C=O) groups excluding carboxylic acids is 1. The summed E-state index contributed by atoms with van der Waals surface area (Å²) >= 11 is 0. The number of hydrogen-bond acceptors (Lipinski definition) is 3. The molecule has 1 saturated carbocycles. The molecule has 96 valence electrons. The van der Waals surface area contributed by atoms with Gasteiger partial charge in [-0.1, -0.05) is 0 Å². The summed E-state index contributed by atoms with van der Waals surface area (Å²) in [5.41, 5.74) is 0. The number of nitrogens with zero attached hydrogens (tertiary/aromatic N) is 1. The van der Waals surface area contributed by atoms with E-state index in [4.69, 9.17) is 5.11 Å². The smallest absolute Gasteiger partial charge is 0.308 e. The number of nitrogens with one attached hydrogen (secondary N) is 1. The predicted octanol–water partition coefficient (Wildman–Crippen LogP) is 0.308. The third-order valence-electron chi connectivity index (χ3n) is 4.09. The molecule has 2 N–H and O–H groups in total. The van der Waals surface area contributed by atoms with Crippen LogP contribution in [0.1, 0.15) is 25.7 Å². The Morgan fingerprint density at radius 1 is 1.29 bits per heavy atom. The van der Waals surface area contributed by atoms with Gasteiger partial charge in [-0.3, -0.25) is 14.5 Å². The lowest BCUT2D eigenvalue weighted by atomic mass is 9.77. The number of carbonyl (C=O) groups is 2. The first kappa shape index (κ1) is 12.4. The Morgan fingerprint density at radius 3 is 2.59 bits per heavy atom. The minimum atomic E-state index is -0.691. The lowest BCUT2D eigenvalue weighted by Gasteiger charge is -2.45. The van der Waals surface area contributed by atoms with Crippen molar-refractivity contribution in [2.45, 2.75) is 31.7 Å². The van der Waals surface area contributed by atoms with Crippen LogP contribution in [0.15, 0.2) is 0 Å². The lowest BCUT2D eigenvalue weighted by molar-refractivity contribution is -0.149. The zero-order valence-corrected chi connectivity index (χ0v) is 10.2. The van der Waals surface area contributed by atoms with E-state index in [1.807, 2.05) is 0 Å². The standard InChI is InChI=1S/C12H20N2O3/c1-13-11(15)8-3-2-6-14(7-8)10-5-4-9(10)12(16)17/h8-10H,2-7H2,1H3,(H,13,15)(H,16,17). The number of carboxylic acids is 1. The van der Waals surface area contributed by atoms with E-state index < -0.39 is 5.97 Å². The molecule has 0 spiro atoms. The van der Waals surface area contributed by atoms with Crippen LogP contribution in [0, 0.1) is 11.8 Å². The quantitative estimate of drug-likeness (QED) is 0.745.